The van der Waals surface area contributed by atoms with E-state index < -0.39 is 23.6 Å². The van der Waals surface area contributed by atoms with Gasteiger partial charge in [-0.25, -0.2) is 4.79 Å². The van der Waals surface area contributed by atoms with Gasteiger partial charge in [0, 0.05) is 19.6 Å². The van der Waals surface area contributed by atoms with Crippen LogP contribution in [0.25, 0.3) is 0 Å². The van der Waals surface area contributed by atoms with Gasteiger partial charge in [-0.15, -0.1) is 0 Å². The number of carbonyl (C=O) groups is 3. The highest BCUT2D eigenvalue weighted by molar-refractivity contribution is 5.87. The zero-order valence-corrected chi connectivity index (χ0v) is 20.4. The molecule has 4 rings (SSSR count). The molecule has 2 heterocycles. The van der Waals surface area contributed by atoms with Gasteiger partial charge in [-0.3, -0.25) is 9.59 Å². The highest BCUT2D eigenvalue weighted by atomic mass is 16.6. The summed E-state index contributed by atoms with van der Waals surface area (Å²) >= 11 is 0. The second-order valence-electron chi connectivity index (χ2n) is 10.1. The topological polar surface area (TPSA) is 128 Å². The number of nitrogens with two attached hydrogens (primary N) is 2. The lowest BCUT2D eigenvalue weighted by Crippen LogP contribution is -2.55. The van der Waals surface area contributed by atoms with Crippen molar-refractivity contribution >= 4 is 17.9 Å². The third-order valence-electron chi connectivity index (χ3n) is 7.81. The summed E-state index contributed by atoms with van der Waals surface area (Å²) in [4.78, 5) is 41.8. The molecule has 192 valence electrons. The predicted molar refractivity (Wildman–Crippen MR) is 130 cm³/mol. The normalized spacial score (nSPS) is 27.6. The number of rotatable bonds is 8. The molecule has 2 aliphatic heterocycles. The molecule has 1 unspecified atom stereocenters. The van der Waals surface area contributed by atoms with Crippen LogP contribution in [-0.2, 0) is 25.7 Å². The summed E-state index contributed by atoms with van der Waals surface area (Å²) in [7, 11) is 0. The number of nitrogens with zero attached hydrogens (tertiary/aromatic N) is 2. The summed E-state index contributed by atoms with van der Waals surface area (Å²) in [6.07, 6.45) is 4.77. The van der Waals surface area contributed by atoms with Crippen LogP contribution in [0.3, 0.4) is 0 Å². The molecule has 1 saturated carbocycles. The van der Waals surface area contributed by atoms with Gasteiger partial charge in [0.2, 0.25) is 5.91 Å². The molecule has 3 fully saturated rings. The number of benzene rings is 1. The zero-order chi connectivity index (χ0) is 24.8. The van der Waals surface area contributed by atoms with Crippen molar-refractivity contribution in [1.82, 2.24) is 9.80 Å². The van der Waals surface area contributed by atoms with Crippen molar-refractivity contribution in [3.63, 3.8) is 0 Å². The van der Waals surface area contributed by atoms with E-state index >= 15 is 0 Å². The van der Waals surface area contributed by atoms with Gasteiger partial charge in [0.15, 0.2) is 5.60 Å². The maximum absolute atomic E-state index is 13.1. The average Bonchev–Trinajstić information content (AvgIpc) is 3.57. The number of ether oxygens (including phenoxy) is 2. The molecule has 0 radical (unpaired) electrons. The smallest absolute Gasteiger partial charge is 0.411 e. The van der Waals surface area contributed by atoms with E-state index in [0.29, 0.717) is 32.6 Å². The Morgan fingerprint density at radius 3 is 2.34 bits per heavy atom. The summed E-state index contributed by atoms with van der Waals surface area (Å²) in [6, 6.07) is 9.19. The monoisotopic (exact) mass is 486 g/mol. The van der Waals surface area contributed by atoms with E-state index in [-0.39, 0.29) is 30.7 Å². The van der Waals surface area contributed by atoms with Gasteiger partial charge < -0.3 is 30.7 Å². The van der Waals surface area contributed by atoms with E-state index in [1.54, 1.807) is 4.90 Å². The molecule has 9 nitrogen and oxygen atoms in total. The standard InChI is InChI=1S/C26H38N4O5/c27-22(23(31)29-14-4-5-15-29)20-10-12-26(13-11-20,24(28)32)35-25(33)30-16-6-9-21(30)18-34-17-19-7-2-1-3-8-19/h1-3,7-8,20-22H,4-6,9-18,27H2,(H2,28,32)/t20?,21?,22-,26?/m0/s1. The molecule has 0 spiro atoms. The van der Waals surface area contributed by atoms with E-state index in [1.165, 1.54) is 0 Å². The SMILES string of the molecule is NC(=O)C1(OC(=O)N2CCCC2COCc2ccccc2)CCC([C@H](N)C(=O)N2CCCC2)CC1. The van der Waals surface area contributed by atoms with E-state index in [9.17, 15) is 14.4 Å². The lowest BCUT2D eigenvalue weighted by molar-refractivity contribution is -0.143. The Labute approximate surface area is 207 Å². The van der Waals surface area contributed by atoms with Gasteiger partial charge in [-0.05, 0) is 62.8 Å². The van der Waals surface area contributed by atoms with Crippen LogP contribution in [0.15, 0.2) is 30.3 Å². The first-order chi connectivity index (χ1) is 16.9. The summed E-state index contributed by atoms with van der Waals surface area (Å²) in [5.41, 5.74) is 11.8. The van der Waals surface area contributed by atoms with Crippen LogP contribution in [0.5, 0.6) is 0 Å². The Morgan fingerprint density at radius 1 is 1.00 bits per heavy atom. The van der Waals surface area contributed by atoms with Crippen molar-refractivity contribution in [2.75, 3.05) is 26.2 Å². The molecule has 0 bridgehead atoms. The first kappa shape index (κ1) is 25.4. The Kier molecular flexibility index (Phi) is 8.28. The number of primary amides is 1. The highest BCUT2D eigenvalue weighted by Crippen LogP contribution is 2.37. The average molecular weight is 487 g/mol. The van der Waals surface area contributed by atoms with Gasteiger partial charge in [0.1, 0.15) is 0 Å². The van der Waals surface area contributed by atoms with Crippen LogP contribution in [0.2, 0.25) is 0 Å². The predicted octanol–water partition coefficient (Wildman–Crippen LogP) is 2.17. The number of amides is 3. The van der Waals surface area contributed by atoms with E-state index in [4.69, 9.17) is 20.9 Å². The zero-order valence-electron chi connectivity index (χ0n) is 20.4. The molecule has 1 aromatic carbocycles. The van der Waals surface area contributed by atoms with Crippen LogP contribution in [0, 0.1) is 5.92 Å². The summed E-state index contributed by atoms with van der Waals surface area (Å²) in [5.74, 6) is -0.716. The third kappa shape index (κ3) is 5.95. The van der Waals surface area contributed by atoms with Crippen LogP contribution < -0.4 is 11.5 Å². The first-order valence-electron chi connectivity index (χ1n) is 12.9. The fourth-order valence-electron chi connectivity index (χ4n) is 5.58. The molecule has 4 N–H and O–H groups in total. The third-order valence-corrected chi connectivity index (χ3v) is 7.81. The number of hydrogen-bond donors (Lipinski definition) is 2. The van der Waals surface area contributed by atoms with Crippen LogP contribution in [-0.4, -0.2) is 71.6 Å². The number of likely N-dealkylation sites (tertiary alicyclic amines) is 2. The maximum Gasteiger partial charge on any atom is 0.411 e. The highest BCUT2D eigenvalue weighted by Gasteiger charge is 2.47. The maximum atomic E-state index is 13.1. The quantitative estimate of drug-likeness (QED) is 0.580. The van der Waals surface area contributed by atoms with E-state index in [2.05, 4.69) is 0 Å². The van der Waals surface area contributed by atoms with Crippen molar-refractivity contribution in [3.8, 4) is 0 Å². The minimum Gasteiger partial charge on any atom is -0.433 e. The largest absolute Gasteiger partial charge is 0.433 e. The van der Waals surface area contributed by atoms with E-state index in [0.717, 1.165) is 44.3 Å². The molecule has 0 aromatic heterocycles. The second-order valence-corrected chi connectivity index (χ2v) is 10.1. The van der Waals surface area contributed by atoms with Gasteiger partial charge in [0.25, 0.3) is 5.91 Å². The molecule has 9 heteroatoms. The van der Waals surface area contributed by atoms with Crippen molar-refractivity contribution < 1.29 is 23.9 Å². The Balaban J connectivity index is 1.30. The lowest BCUT2D eigenvalue weighted by atomic mass is 9.75. The Hall–Kier alpha value is -2.65. The molecule has 3 amide bonds. The molecule has 1 aliphatic carbocycles. The van der Waals surface area contributed by atoms with Crippen LogP contribution in [0.4, 0.5) is 4.79 Å². The summed E-state index contributed by atoms with van der Waals surface area (Å²) in [6.45, 7) is 2.96. The minimum atomic E-state index is -1.36. The molecular weight excluding hydrogens is 448 g/mol. The lowest BCUT2D eigenvalue weighted by Gasteiger charge is -2.40. The fraction of sp³-hybridized carbons (Fsp3) is 0.654. The van der Waals surface area contributed by atoms with Gasteiger partial charge >= 0.3 is 6.09 Å². The van der Waals surface area contributed by atoms with E-state index in [1.807, 2.05) is 35.2 Å². The molecular formula is C26H38N4O5. The molecule has 2 atom stereocenters. The van der Waals surface area contributed by atoms with Crippen molar-refractivity contribution in [3.05, 3.63) is 35.9 Å². The van der Waals surface area contributed by atoms with Crippen LogP contribution in [0.1, 0.15) is 56.9 Å². The molecule has 1 aromatic rings. The molecule has 3 aliphatic rings. The second kappa shape index (κ2) is 11.4. The molecule has 35 heavy (non-hydrogen) atoms. The van der Waals surface area contributed by atoms with Gasteiger partial charge in [-0.1, -0.05) is 30.3 Å². The Morgan fingerprint density at radius 2 is 1.69 bits per heavy atom. The first-order valence-corrected chi connectivity index (χ1v) is 12.9. The number of hydrogen-bond acceptors (Lipinski definition) is 6. The Bertz CT molecular complexity index is 881. The van der Waals surface area contributed by atoms with Crippen molar-refractivity contribution in [2.45, 2.75) is 75.7 Å². The molecule has 2 saturated heterocycles. The number of carbonyl (C=O) groups excluding carboxylic acids is 3. The van der Waals surface area contributed by atoms with Crippen LogP contribution >= 0.6 is 0 Å². The fourth-order valence-corrected chi connectivity index (χ4v) is 5.58. The van der Waals surface area contributed by atoms with Gasteiger partial charge in [-0.2, -0.15) is 0 Å². The van der Waals surface area contributed by atoms with Crippen molar-refractivity contribution in [2.24, 2.45) is 17.4 Å². The summed E-state index contributed by atoms with van der Waals surface area (Å²) in [5, 5.41) is 0. The van der Waals surface area contributed by atoms with Gasteiger partial charge in [0.05, 0.1) is 25.3 Å². The minimum absolute atomic E-state index is 0.0218. The van der Waals surface area contributed by atoms with Crippen molar-refractivity contribution in [1.29, 1.82) is 0 Å². The summed E-state index contributed by atoms with van der Waals surface area (Å²) < 4.78 is 11.7.